The average Bonchev–Trinajstić information content (AvgIpc) is 3.21. The maximum Gasteiger partial charge on any atom is 0.271 e. The zero-order valence-electron chi connectivity index (χ0n) is 14.3. The van der Waals surface area contributed by atoms with Crippen LogP contribution in [-0.4, -0.2) is 34.8 Å². The summed E-state index contributed by atoms with van der Waals surface area (Å²) in [4.78, 5) is 26.5. The monoisotopic (exact) mass is 326 g/mol. The highest BCUT2D eigenvalue weighted by Gasteiger charge is 2.32. The summed E-state index contributed by atoms with van der Waals surface area (Å²) in [6.45, 7) is 2.24. The molecule has 1 amide bonds. The van der Waals surface area contributed by atoms with Crippen molar-refractivity contribution in [3.05, 3.63) is 53.3 Å². The first-order chi connectivity index (χ1) is 11.5. The molecule has 3 rings (SSSR count). The van der Waals surface area contributed by atoms with Crippen molar-refractivity contribution in [3.8, 4) is 5.75 Å². The van der Waals surface area contributed by atoms with Crippen LogP contribution in [0.3, 0.4) is 0 Å². The summed E-state index contributed by atoms with van der Waals surface area (Å²) in [6.07, 6.45) is 3.62. The predicted octanol–water partition coefficient (Wildman–Crippen LogP) is 3.21. The normalized spacial score (nSPS) is 17.1. The van der Waals surface area contributed by atoms with E-state index in [1.807, 2.05) is 29.2 Å². The van der Waals surface area contributed by atoms with E-state index < -0.39 is 0 Å². The van der Waals surface area contributed by atoms with Gasteiger partial charge < -0.3 is 14.2 Å². The smallest absolute Gasteiger partial charge is 0.271 e. The Bertz CT molecular complexity index is 779. The predicted molar refractivity (Wildman–Crippen MR) is 91.4 cm³/mol. The molecule has 1 atom stereocenters. The Morgan fingerprint density at radius 3 is 2.71 bits per heavy atom. The van der Waals surface area contributed by atoms with E-state index in [-0.39, 0.29) is 17.7 Å². The number of aromatic nitrogens is 1. The van der Waals surface area contributed by atoms with Crippen molar-refractivity contribution < 1.29 is 14.3 Å². The van der Waals surface area contributed by atoms with E-state index in [1.165, 1.54) is 6.92 Å². The van der Waals surface area contributed by atoms with Gasteiger partial charge in [0, 0.05) is 25.4 Å². The van der Waals surface area contributed by atoms with Crippen LogP contribution in [0.25, 0.3) is 0 Å². The molecule has 1 aliphatic heterocycles. The second-order valence-electron chi connectivity index (χ2n) is 6.21. The van der Waals surface area contributed by atoms with E-state index in [9.17, 15) is 9.59 Å². The number of carbonyl (C=O) groups excluding carboxylic acids is 2. The Morgan fingerprint density at radius 2 is 2.04 bits per heavy atom. The lowest BCUT2D eigenvalue weighted by atomic mass is 10.0. The van der Waals surface area contributed by atoms with Gasteiger partial charge in [-0.15, -0.1) is 0 Å². The summed E-state index contributed by atoms with van der Waals surface area (Å²) in [7, 11) is 3.44. The Hall–Kier alpha value is -2.56. The number of aryl methyl sites for hydroxylation is 1. The number of likely N-dealkylation sites (tertiary alicyclic amines) is 1. The summed E-state index contributed by atoms with van der Waals surface area (Å²) in [6, 6.07) is 9.61. The largest absolute Gasteiger partial charge is 0.497 e. The van der Waals surface area contributed by atoms with Crippen molar-refractivity contribution in [2.75, 3.05) is 13.7 Å². The van der Waals surface area contributed by atoms with Crippen LogP contribution < -0.4 is 4.74 Å². The molecule has 0 spiro atoms. The molecule has 0 aliphatic carbocycles. The van der Waals surface area contributed by atoms with Crippen LogP contribution >= 0.6 is 0 Å². The lowest BCUT2D eigenvalue weighted by Crippen LogP contribution is -2.31. The molecule has 0 saturated carbocycles. The molecule has 0 N–H and O–H groups in total. The third kappa shape index (κ3) is 2.94. The highest BCUT2D eigenvalue weighted by molar-refractivity contribution is 5.99. The summed E-state index contributed by atoms with van der Waals surface area (Å²) < 4.78 is 7.03. The molecule has 1 fully saturated rings. The molecule has 5 heteroatoms. The van der Waals surface area contributed by atoms with Crippen molar-refractivity contribution in [2.45, 2.75) is 25.8 Å². The molecule has 24 heavy (non-hydrogen) atoms. The summed E-state index contributed by atoms with van der Waals surface area (Å²) in [5, 5.41) is 0. The van der Waals surface area contributed by atoms with Crippen LogP contribution in [0.15, 0.2) is 36.5 Å². The van der Waals surface area contributed by atoms with Crippen molar-refractivity contribution in [3.63, 3.8) is 0 Å². The van der Waals surface area contributed by atoms with Gasteiger partial charge in [0.2, 0.25) is 0 Å². The third-order valence-corrected chi connectivity index (χ3v) is 4.62. The minimum Gasteiger partial charge on any atom is -0.497 e. The molecule has 1 saturated heterocycles. The first-order valence-electron chi connectivity index (χ1n) is 8.13. The van der Waals surface area contributed by atoms with Gasteiger partial charge in [-0.2, -0.15) is 0 Å². The van der Waals surface area contributed by atoms with Crippen LogP contribution in [0.2, 0.25) is 0 Å². The number of hydrogen-bond acceptors (Lipinski definition) is 3. The third-order valence-electron chi connectivity index (χ3n) is 4.62. The number of benzene rings is 1. The molecule has 1 aromatic heterocycles. The van der Waals surface area contributed by atoms with Gasteiger partial charge in [-0.25, -0.2) is 0 Å². The Balaban J connectivity index is 1.90. The fraction of sp³-hybridized carbons (Fsp3) is 0.368. The molecular weight excluding hydrogens is 304 g/mol. The second-order valence-corrected chi connectivity index (χ2v) is 6.21. The number of amides is 1. The number of Topliss-reactive ketones (excluding diaryl/α,β-unsaturated/α-hetero) is 1. The molecule has 0 radical (unpaired) electrons. The highest BCUT2D eigenvalue weighted by Crippen LogP contribution is 2.34. The zero-order chi connectivity index (χ0) is 17.3. The van der Waals surface area contributed by atoms with Gasteiger partial charge in [-0.05, 0) is 43.5 Å². The minimum absolute atomic E-state index is 0.0320. The van der Waals surface area contributed by atoms with Crippen molar-refractivity contribution in [1.82, 2.24) is 9.47 Å². The maximum absolute atomic E-state index is 13.0. The molecule has 0 bridgehead atoms. The van der Waals surface area contributed by atoms with Gasteiger partial charge in [0.15, 0.2) is 5.78 Å². The summed E-state index contributed by atoms with van der Waals surface area (Å²) in [5.41, 5.74) is 2.20. The molecular formula is C19H22N2O3. The number of hydrogen-bond donors (Lipinski definition) is 0. The van der Waals surface area contributed by atoms with Gasteiger partial charge in [-0.1, -0.05) is 12.1 Å². The minimum atomic E-state index is -0.0321. The van der Waals surface area contributed by atoms with E-state index in [0.29, 0.717) is 11.3 Å². The first-order valence-corrected chi connectivity index (χ1v) is 8.13. The number of nitrogens with zero attached hydrogens (tertiary/aromatic N) is 2. The lowest BCUT2D eigenvalue weighted by molar-refractivity contribution is 0.0725. The quantitative estimate of drug-likeness (QED) is 0.811. The number of ketones is 1. The topological polar surface area (TPSA) is 51.5 Å². The average molecular weight is 326 g/mol. The van der Waals surface area contributed by atoms with Crippen LogP contribution in [0.1, 0.15) is 52.2 Å². The van der Waals surface area contributed by atoms with Gasteiger partial charge in [0.25, 0.3) is 5.91 Å². The Kier molecular flexibility index (Phi) is 4.42. The van der Waals surface area contributed by atoms with E-state index in [4.69, 9.17) is 4.74 Å². The molecule has 2 aromatic rings. The van der Waals surface area contributed by atoms with Crippen LogP contribution in [-0.2, 0) is 7.05 Å². The van der Waals surface area contributed by atoms with Gasteiger partial charge in [-0.3, -0.25) is 9.59 Å². The summed E-state index contributed by atoms with van der Waals surface area (Å²) in [5.74, 6) is 0.732. The van der Waals surface area contributed by atoms with Crippen molar-refractivity contribution in [1.29, 1.82) is 0 Å². The molecule has 126 valence electrons. The summed E-state index contributed by atoms with van der Waals surface area (Å²) >= 11 is 0. The van der Waals surface area contributed by atoms with E-state index in [0.717, 1.165) is 30.7 Å². The van der Waals surface area contributed by atoms with Crippen LogP contribution in [0.4, 0.5) is 0 Å². The van der Waals surface area contributed by atoms with E-state index in [1.54, 1.807) is 31.0 Å². The highest BCUT2D eigenvalue weighted by atomic mass is 16.5. The second kappa shape index (κ2) is 6.51. The lowest BCUT2D eigenvalue weighted by Gasteiger charge is -2.25. The van der Waals surface area contributed by atoms with Gasteiger partial charge in [0.1, 0.15) is 11.4 Å². The molecule has 2 heterocycles. The number of carbonyl (C=O) groups is 2. The van der Waals surface area contributed by atoms with Gasteiger partial charge in [0.05, 0.1) is 13.2 Å². The Labute approximate surface area is 141 Å². The molecule has 0 unspecified atom stereocenters. The van der Waals surface area contributed by atoms with Crippen molar-refractivity contribution >= 4 is 11.7 Å². The maximum atomic E-state index is 13.0. The van der Waals surface area contributed by atoms with E-state index in [2.05, 4.69) is 0 Å². The zero-order valence-corrected chi connectivity index (χ0v) is 14.3. The molecule has 1 aromatic carbocycles. The molecule has 1 aliphatic rings. The number of ether oxygens (including phenoxy) is 1. The number of rotatable bonds is 4. The first kappa shape index (κ1) is 16.3. The standard InChI is InChI=1S/C19H22N2O3/c1-13(22)15-11-18(20(2)12-15)19(23)21-9-5-8-17(21)14-6-4-7-16(10-14)24-3/h4,6-7,10-12,17H,5,8-9H2,1-3H3/t17-/m0/s1. The number of methoxy groups -OCH3 is 1. The fourth-order valence-corrected chi connectivity index (χ4v) is 3.32. The fourth-order valence-electron chi connectivity index (χ4n) is 3.32. The Morgan fingerprint density at radius 1 is 1.25 bits per heavy atom. The van der Waals surface area contributed by atoms with Crippen LogP contribution in [0.5, 0.6) is 5.75 Å². The van der Waals surface area contributed by atoms with E-state index >= 15 is 0 Å². The SMILES string of the molecule is COc1cccc([C@@H]2CCCN2C(=O)c2cc(C(C)=O)cn2C)c1. The molecule has 5 nitrogen and oxygen atoms in total. The van der Waals surface area contributed by atoms with Crippen LogP contribution in [0, 0.1) is 0 Å². The van der Waals surface area contributed by atoms with Crippen molar-refractivity contribution in [2.24, 2.45) is 7.05 Å². The van der Waals surface area contributed by atoms with Gasteiger partial charge >= 0.3 is 0 Å².